The lowest BCUT2D eigenvalue weighted by atomic mass is 9.94. The minimum atomic E-state index is -4.50. The summed E-state index contributed by atoms with van der Waals surface area (Å²) in [5.41, 5.74) is -0.934. The van der Waals surface area contributed by atoms with Crippen LogP contribution in [0.1, 0.15) is 44.2 Å². The molecule has 0 bridgehead atoms. The summed E-state index contributed by atoms with van der Waals surface area (Å²) in [5.74, 6) is -0.0362. The van der Waals surface area contributed by atoms with E-state index < -0.39 is 11.9 Å². The molecular formula is C19H24F3N5O2. The fourth-order valence-corrected chi connectivity index (χ4v) is 4.29. The molecule has 158 valence electrons. The Balaban J connectivity index is 1.42. The van der Waals surface area contributed by atoms with E-state index in [1.54, 1.807) is 4.90 Å². The number of hydrogen-bond donors (Lipinski definition) is 1. The summed E-state index contributed by atoms with van der Waals surface area (Å²) in [6.07, 6.45) is 0.561. The highest BCUT2D eigenvalue weighted by molar-refractivity contribution is 5.87. The maximum atomic E-state index is 13.1. The van der Waals surface area contributed by atoms with E-state index >= 15 is 0 Å². The van der Waals surface area contributed by atoms with Crippen LogP contribution < -0.4 is 10.2 Å². The van der Waals surface area contributed by atoms with E-state index in [9.17, 15) is 22.8 Å². The Bertz CT molecular complexity index is 775. The number of anilines is 1. The fraction of sp³-hybridized carbons (Fsp3) is 0.684. The monoisotopic (exact) mass is 411 g/mol. The Morgan fingerprint density at radius 3 is 2.41 bits per heavy atom. The molecule has 0 spiro atoms. The SMILES string of the molecule is O=C1CC(C(=O)N2CCC(N(c3cc(C(F)(F)F)ncn3)C3CC3)CC2)CCN1. The van der Waals surface area contributed by atoms with Crippen LogP contribution in [-0.4, -0.2) is 58.4 Å². The second-order valence-corrected chi connectivity index (χ2v) is 7.99. The molecule has 1 aliphatic carbocycles. The van der Waals surface area contributed by atoms with Crippen molar-refractivity contribution in [3.05, 3.63) is 18.1 Å². The minimum Gasteiger partial charge on any atom is -0.356 e. The van der Waals surface area contributed by atoms with Gasteiger partial charge >= 0.3 is 6.18 Å². The van der Waals surface area contributed by atoms with Crippen molar-refractivity contribution in [2.75, 3.05) is 24.5 Å². The third kappa shape index (κ3) is 4.45. The van der Waals surface area contributed by atoms with Crippen LogP contribution in [0, 0.1) is 5.92 Å². The van der Waals surface area contributed by atoms with Crippen LogP contribution in [-0.2, 0) is 15.8 Å². The number of piperidine rings is 2. The van der Waals surface area contributed by atoms with E-state index in [1.165, 1.54) is 0 Å². The molecule has 3 aliphatic rings. The highest BCUT2D eigenvalue weighted by atomic mass is 19.4. The van der Waals surface area contributed by atoms with E-state index in [2.05, 4.69) is 15.3 Å². The lowest BCUT2D eigenvalue weighted by Gasteiger charge is -2.40. The van der Waals surface area contributed by atoms with E-state index in [-0.39, 0.29) is 36.2 Å². The number of nitrogens with zero attached hydrogens (tertiary/aromatic N) is 4. The van der Waals surface area contributed by atoms with Gasteiger partial charge in [-0.2, -0.15) is 13.2 Å². The van der Waals surface area contributed by atoms with Crippen LogP contribution in [0.25, 0.3) is 0 Å². The van der Waals surface area contributed by atoms with Crippen LogP contribution in [0.2, 0.25) is 0 Å². The largest absolute Gasteiger partial charge is 0.433 e. The topological polar surface area (TPSA) is 78.4 Å². The number of nitrogens with one attached hydrogen (secondary N) is 1. The number of amides is 2. The molecule has 2 aliphatic heterocycles. The number of rotatable bonds is 4. The highest BCUT2D eigenvalue weighted by Crippen LogP contribution is 2.37. The second-order valence-electron chi connectivity index (χ2n) is 7.99. The van der Waals surface area contributed by atoms with Crippen LogP contribution in [0.15, 0.2) is 12.4 Å². The van der Waals surface area contributed by atoms with Crippen LogP contribution in [0.5, 0.6) is 0 Å². The quantitative estimate of drug-likeness (QED) is 0.820. The zero-order chi connectivity index (χ0) is 20.6. The lowest BCUT2D eigenvalue weighted by molar-refractivity contribution is -0.141. The molecule has 1 atom stereocenters. The maximum absolute atomic E-state index is 13.1. The van der Waals surface area contributed by atoms with Gasteiger partial charge in [0, 0.05) is 50.1 Å². The number of alkyl halides is 3. The Kier molecular flexibility index (Phi) is 5.35. The minimum absolute atomic E-state index is 0.0117. The first-order chi connectivity index (χ1) is 13.8. The Morgan fingerprint density at radius 1 is 1.10 bits per heavy atom. The smallest absolute Gasteiger partial charge is 0.356 e. The summed E-state index contributed by atoms with van der Waals surface area (Å²) in [6.45, 7) is 1.61. The van der Waals surface area contributed by atoms with Gasteiger partial charge in [-0.05, 0) is 32.1 Å². The molecule has 29 heavy (non-hydrogen) atoms. The molecule has 0 aromatic carbocycles. The first-order valence-corrected chi connectivity index (χ1v) is 10.1. The molecule has 2 saturated heterocycles. The van der Waals surface area contributed by atoms with E-state index in [0.717, 1.165) is 25.2 Å². The molecule has 1 aromatic heterocycles. The van der Waals surface area contributed by atoms with Crippen LogP contribution in [0.3, 0.4) is 0 Å². The molecule has 1 N–H and O–H groups in total. The second kappa shape index (κ2) is 7.79. The van der Waals surface area contributed by atoms with Gasteiger partial charge in [0.05, 0.1) is 0 Å². The average Bonchev–Trinajstić information content (AvgIpc) is 3.53. The molecule has 1 saturated carbocycles. The van der Waals surface area contributed by atoms with Gasteiger partial charge in [-0.1, -0.05) is 0 Å². The zero-order valence-corrected chi connectivity index (χ0v) is 16.0. The number of aromatic nitrogens is 2. The Hall–Kier alpha value is -2.39. The van der Waals surface area contributed by atoms with E-state index in [4.69, 9.17) is 0 Å². The van der Waals surface area contributed by atoms with Crippen molar-refractivity contribution in [2.45, 2.75) is 56.8 Å². The summed E-state index contributed by atoms with van der Waals surface area (Å²) >= 11 is 0. The Morgan fingerprint density at radius 2 is 1.79 bits per heavy atom. The molecule has 3 heterocycles. The Labute approximate surface area is 166 Å². The van der Waals surface area contributed by atoms with Crippen molar-refractivity contribution in [1.29, 1.82) is 0 Å². The van der Waals surface area contributed by atoms with Gasteiger partial charge in [0.15, 0.2) is 0 Å². The van der Waals surface area contributed by atoms with Gasteiger partial charge in [-0.3, -0.25) is 9.59 Å². The van der Waals surface area contributed by atoms with Gasteiger partial charge in [0.1, 0.15) is 17.8 Å². The lowest BCUT2D eigenvalue weighted by Crippen LogP contribution is -2.50. The van der Waals surface area contributed by atoms with Gasteiger partial charge in [0.25, 0.3) is 0 Å². The van der Waals surface area contributed by atoms with Crippen molar-refractivity contribution in [3.8, 4) is 0 Å². The molecule has 10 heteroatoms. The molecule has 1 aromatic rings. The van der Waals surface area contributed by atoms with Crippen molar-refractivity contribution in [1.82, 2.24) is 20.2 Å². The summed E-state index contributed by atoms with van der Waals surface area (Å²) < 4.78 is 39.2. The maximum Gasteiger partial charge on any atom is 0.433 e. The van der Waals surface area contributed by atoms with Gasteiger partial charge < -0.3 is 15.1 Å². The van der Waals surface area contributed by atoms with Crippen molar-refractivity contribution < 1.29 is 22.8 Å². The third-order valence-electron chi connectivity index (χ3n) is 5.91. The van der Waals surface area contributed by atoms with Crippen LogP contribution in [0.4, 0.5) is 19.0 Å². The summed E-state index contributed by atoms with van der Waals surface area (Å²) in [6, 6.07) is 1.26. The highest BCUT2D eigenvalue weighted by Gasteiger charge is 2.40. The van der Waals surface area contributed by atoms with Gasteiger partial charge in [-0.15, -0.1) is 0 Å². The number of carbonyl (C=O) groups is 2. The van der Waals surface area contributed by atoms with Gasteiger partial charge in [0.2, 0.25) is 11.8 Å². The molecule has 1 unspecified atom stereocenters. The zero-order valence-electron chi connectivity index (χ0n) is 16.0. The van der Waals surface area contributed by atoms with E-state index in [0.29, 0.717) is 44.7 Å². The molecule has 4 rings (SSSR count). The summed E-state index contributed by atoms with van der Waals surface area (Å²) in [5, 5.41) is 2.74. The normalized spacial score (nSPS) is 23.6. The van der Waals surface area contributed by atoms with Gasteiger partial charge in [-0.25, -0.2) is 9.97 Å². The first-order valence-electron chi connectivity index (χ1n) is 10.1. The number of halogens is 3. The number of hydrogen-bond acceptors (Lipinski definition) is 5. The third-order valence-corrected chi connectivity index (χ3v) is 5.91. The average molecular weight is 411 g/mol. The van der Waals surface area contributed by atoms with Crippen LogP contribution >= 0.6 is 0 Å². The standard InChI is InChI=1S/C19H24F3N5O2/c20-19(21,22)15-10-16(25-11-24-15)27(13-1-2-13)14-4-7-26(8-5-14)18(29)12-3-6-23-17(28)9-12/h10-14H,1-9H2,(H,23,28). The summed E-state index contributed by atoms with van der Waals surface area (Å²) in [7, 11) is 0. The summed E-state index contributed by atoms with van der Waals surface area (Å²) in [4.78, 5) is 35.6. The van der Waals surface area contributed by atoms with Crippen molar-refractivity contribution in [3.63, 3.8) is 0 Å². The molecule has 2 amide bonds. The molecular weight excluding hydrogens is 387 g/mol. The van der Waals surface area contributed by atoms with Crippen molar-refractivity contribution in [2.24, 2.45) is 5.92 Å². The number of carbonyl (C=O) groups excluding carboxylic acids is 2. The fourth-order valence-electron chi connectivity index (χ4n) is 4.29. The predicted molar refractivity (Wildman–Crippen MR) is 97.9 cm³/mol. The molecule has 3 fully saturated rings. The molecule has 7 nitrogen and oxygen atoms in total. The molecule has 0 radical (unpaired) electrons. The van der Waals surface area contributed by atoms with Crippen molar-refractivity contribution >= 4 is 17.6 Å². The number of likely N-dealkylation sites (tertiary alicyclic amines) is 1. The first kappa shape index (κ1) is 19.9. The predicted octanol–water partition coefficient (Wildman–Crippen LogP) is 1.98. The van der Waals surface area contributed by atoms with E-state index in [1.807, 2.05) is 4.90 Å².